The number of sulfonamides is 1. The van der Waals surface area contributed by atoms with E-state index in [0.717, 1.165) is 24.9 Å². The first-order valence-corrected chi connectivity index (χ1v) is 8.32. The number of aryl methyl sites for hydroxylation is 1. The van der Waals surface area contributed by atoms with Crippen molar-refractivity contribution in [3.8, 4) is 5.75 Å². The second kappa shape index (κ2) is 6.11. The van der Waals surface area contributed by atoms with Gasteiger partial charge in [-0.25, -0.2) is 13.1 Å². The standard InChI is InChI=1S/C14H22N2O3S/c1-10-9-12(6-7-14(10)19-3)20(17,18)16-13-5-4-8-15-11(13)2/h6-7,9,11,13,15-16H,4-5,8H2,1-3H3. The normalized spacial score (nSPS) is 23.6. The molecule has 2 atom stereocenters. The highest BCUT2D eigenvalue weighted by atomic mass is 32.2. The fourth-order valence-electron chi connectivity index (χ4n) is 2.49. The van der Waals surface area contributed by atoms with Gasteiger partial charge < -0.3 is 10.1 Å². The molecule has 1 aliphatic rings. The number of ether oxygens (including phenoxy) is 1. The number of nitrogens with one attached hydrogen (secondary N) is 2. The van der Waals surface area contributed by atoms with E-state index in [9.17, 15) is 8.42 Å². The molecule has 1 aliphatic heterocycles. The van der Waals surface area contributed by atoms with Gasteiger partial charge in [-0.1, -0.05) is 0 Å². The molecule has 1 aromatic carbocycles. The number of hydrogen-bond donors (Lipinski definition) is 2. The van der Waals surface area contributed by atoms with Crippen LogP contribution in [-0.2, 0) is 10.0 Å². The Kier molecular flexibility index (Phi) is 4.67. The van der Waals surface area contributed by atoms with Gasteiger partial charge in [-0.05, 0) is 57.0 Å². The van der Waals surface area contributed by atoms with Crippen LogP contribution in [0.1, 0.15) is 25.3 Å². The molecule has 1 aromatic rings. The van der Waals surface area contributed by atoms with E-state index in [1.54, 1.807) is 25.3 Å². The molecule has 112 valence electrons. The van der Waals surface area contributed by atoms with E-state index in [2.05, 4.69) is 10.0 Å². The summed E-state index contributed by atoms with van der Waals surface area (Å²) >= 11 is 0. The van der Waals surface area contributed by atoms with Crippen LogP contribution in [0, 0.1) is 6.92 Å². The Labute approximate surface area is 120 Å². The summed E-state index contributed by atoms with van der Waals surface area (Å²) < 4.78 is 32.8. The lowest BCUT2D eigenvalue weighted by molar-refractivity contribution is 0.349. The van der Waals surface area contributed by atoms with Gasteiger partial charge in [0.2, 0.25) is 10.0 Å². The highest BCUT2D eigenvalue weighted by Gasteiger charge is 2.26. The average molecular weight is 298 g/mol. The van der Waals surface area contributed by atoms with Crippen molar-refractivity contribution < 1.29 is 13.2 Å². The molecular formula is C14H22N2O3S. The van der Waals surface area contributed by atoms with Crippen molar-refractivity contribution >= 4 is 10.0 Å². The van der Waals surface area contributed by atoms with Crippen molar-refractivity contribution in [3.05, 3.63) is 23.8 Å². The summed E-state index contributed by atoms with van der Waals surface area (Å²) in [6.45, 7) is 4.79. The van der Waals surface area contributed by atoms with Crippen LogP contribution >= 0.6 is 0 Å². The molecule has 0 radical (unpaired) electrons. The zero-order valence-corrected chi connectivity index (χ0v) is 13.0. The van der Waals surface area contributed by atoms with E-state index in [1.807, 2.05) is 13.8 Å². The first-order valence-electron chi connectivity index (χ1n) is 6.84. The molecule has 5 nitrogen and oxygen atoms in total. The van der Waals surface area contributed by atoms with Gasteiger partial charge in [-0.15, -0.1) is 0 Å². The first kappa shape index (κ1) is 15.3. The number of rotatable bonds is 4. The molecule has 1 saturated heterocycles. The molecule has 6 heteroatoms. The van der Waals surface area contributed by atoms with Gasteiger partial charge in [0.25, 0.3) is 0 Å². The predicted molar refractivity (Wildman–Crippen MR) is 78.5 cm³/mol. The molecule has 0 bridgehead atoms. The number of hydrogen-bond acceptors (Lipinski definition) is 4. The van der Waals surface area contributed by atoms with Crippen molar-refractivity contribution in [1.82, 2.24) is 10.0 Å². The van der Waals surface area contributed by atoms with Crippen molar-refractivity contribution in [1.29, 1.82) is 0 Å². The molecule has 0 amide bonds. The SMILES string of the molecule is COc1ccc(S(=O)(=O)NC2CCCNC2C)cc1C. The van der Waals surface area contributed by atoms with Gasteiger partial charge in [0.05, 0.1) is 12.0 Å². The Morgan fingerprint density at radius 1 is 1.40 bits per heavy atom. The van der Waals surface area contributed by atoms with Crippen LogP contribution in [0.25, 0.3) is 0 Å². The Hall–Kier alpha value is -1.11. The van der Waals surface area contributed by atoms with Gasteiger partial charge in [-0.2, -0.15) is 0 Å². The van der Waals surface area contributed by atoms with E-state index < -0.39 is 10.0 Å². The van der Waals surface area contributed by atoms with Crippen molar-refractivity contribution in [2.45, 2.75) is 43.7 Å². The summed E-state index contributed by atoms with van der Waals surface area (Å²) in [6.07, 6.45) is 1.85. The summed E-state index contributed by atoms with van der Waals surface area (Å²) in [5, 5.41) is 3.29. The molecule has 0 aromatic heterocycles. The minimum Gasteiger partial charge on any atom is -0.496 e. The lowest BCUT2D eigenvalue weighted by Gasteiger charge is -2.30. The van der Waals surface area contributed by atoms with Gasteiger partial charge in [-0.3, -0.25) is 0 Å². The monoisotopic (exact) mass is 298 g/mol. The lowest BCUT2D eigenvalue weighted by Crippen LogP contribution is -2.51. The van der Waals surface area contributed by atoms with Gasteiger partial charge in [0.1, 0.15) is 5.75 Å². The van der Waals surface area contributed by atoms with E-state index in [0.29, 0.717) is 5.75 Å². The van der Waals surface area contributed by atoms with Crippen LogP contribution < -0.4 is 14.8 Å². The zero-order valence-electron chi connectivity index (χ0n) is 12.1. The maximum absolute atomic E-state index is 12.4. The summed E-state index contributed by atoms with van der Waals surface area (Å²) in [6, 6.07) is 5.00. The van der Waals surface area contributed by atoms with E-state index in [4.69, 9.17) is 4.74 Å². The zero-order chi connectivity index (χ0) is 14.8. The van der Waals surface area contributed by atoms with Crippen LogP contribution in [0.2, 0.25) is 0 Å². The second-order valence-corrected chi connectivity index (χ2v) is 6.96. The van der Waals surface area contributed by atoms with Gasteiger partial charge in [0, 0.05) is 12.1 Å². The predicted octanol–water partition coefficient (Wildman–Crippen LogP) is 1.42. The fraction of sp³-hybridized carbons (Fsp3) is 0.571. The molecular weight excluding hydrogens is 276 g/mol. The van der Waals surface area contributed by atoms with Crippen LogP contribution in [0.5, 0.6) is 5.75 Å². The van der Waals surface area contributed by atoms with Crippen LogP contribution in [0.15, 0.2) is 23.1 Å². The molecule has 2 rings (SSSR count). The van der Waals surface area contributed by atoms with Crippen LogP contribution in [0.4, 0.5) is 0 Å². The third kappa shape index (κ3) is 3.31. The smallest absolute Gasteiger partial charge is 0.240 e. The molecule has 2 N–H and O–H groups in total. The molecule has 1 heterocycles. The number of methoxy groups -OCH3 is 1. The third-order valence-electron chi connectivity index (χ3n) is 3.74. The fourth-order valence-corrected chi connectivity index (χ4v) is 3.93. The largest absolute Gasteiger partial charge is 0.496 e. The summed E-state index contributed by atoms with van der Waals surface area (Å²) in [4.78, 5) is 0.286. The van der Waals surface area contributed by atoms with Gasteiger partial charge in [0.15, 0.2) is 0 Å². The quantitative estimate of drug-likeness (QED) is 0.882. The Morgan fingerprint density at radius 2 is 2.15 bits per heavy atom. The van der Waals surface area contributed by atoms with E-state index in [-0.39, 0.29) is 17.0 Å². The Morgan fingerprint density at radius 3 is 2.75 bits per heavy atom. The number of benzene rings is 1. The summed E-state index contributed by atoms with van der Waals surface area (Å²) in [7, 11) is -1.91. The molecule has 0 aliphatic carbocycles. The Bertz CT molecular complexity index is 572. The summed E-state index contributed by atoms with van der Waals surface area (Å²) in [5.41, 5.74) is 0.810. The van der Waals surface area contributed by atoms with Crippen LogP contribution in [0.3, 0.4) is 0 Å². The lowest BCUT2D eigenvalue weighted by atomic mass is 10.0. The van der Waals surface area contributed by atoms with Gasteiger partial charge >= 0.3 is 0 Å². The minimum atomic E-state index is -3.49. The average Bonchev–Trinajstić information content (AvgIpc) is 2.41. The number of piperidine rings is 1. The van der Waals surface area contributed by atoms with Crippen molar-refractivity contribution in [2.24, 2.45) is 0 Å². The Balaban J connectivity index is 2.19. The molecule has 20 heavy (non-hydrogen) atoms. The second-order valence-electron chi connectivity index (χ2n) is 5.24. The maximum atomic E-state index is 12.4. The highest BCUT2D eigenvalue weighted by molar-refractivity contribution is 7.89. The molecule has 0 saturated carbocycles. The van der Waals surface area contributed by atoms with Crippen molar-refractivity contribution in [3.63, 3.8) is 0 Å². The highest BCUT2D eigenvalue weighted by Crippen LogP contribution is 2.22. The van der Waals surface area contributed by atoms with E-state index in [1.165, 1.54) is 0 Å². The minimum absolute atomic E-state index is 0.0591. The molecule has 1 fully saturated rings. The third-order valence-corrected chi connectivity index (χ3v) is 5.23. The summed E-state index contributed by atoms with van der Waals surface area (Å²) in [5.74, 6) is 0.691. The molecule has 0 spiro atoms. The first-order chi connectivity index (χ1) is 9.44. The van der Waals surface area contributed by atoms with Crippen molar-refractivity contribution in [2.75, 3.05) is 13.7 Å². The maximum Gasteiger partial charge on any atom is 0.240 e. The van der Waals surface area contributed by atoms with E-state index >= 15 is 0 Å². The molecule has 2 unspecified atom stereocenters. The topological polar surface area (TPSA) is 67.4 Å². The van der Waals surface area contributed by atoms with Crippen LogP contribution in [-0.4, -0.2) is 34.2 Å².